The van der Waals surface area contributed by atoms with Crippen LogP contribution in [0.15, 0.2) is 0 Å². The van der Waals surface area contributed by atoms with Crippen LogP contribution >= 0.6 is 0 Å². The highest BCUT2D eigenvalue weighted by Gasteiger charge is 2.34. The second kappa shape index (κ2) is 6.86. The van der Waals surface area contributed by atoms with E-state index in [0.29, 0.717) is 19.4 Å². The van der Waals surface area contributed by atoms with Crippen molar-refractivity contribution in [3.8, 4) is 12.3 Å². The van der Waals surface area contributed by atoms with Crippen molar-refractivity contribution in [2.75, 3.05) is 6.61 Å². The molecule has 0 rings (SSSR count). The molecule has 0 radical (unpaired) electrons. The molecule has 0 aliphatic heterocycles. The van der Waals surface area contributed by atoms with Crippen LogP contribution in [-0.2, 0) is 4.74 Å². The highest BCUT2D eigenvalue weighted by molar-refractivity contribution is 4.91. The summed E-state index contributed by atoms with van der Waals surface area (Å²) in [6.45, 7) is 6.67. The van der Waals surface area contributed by atoms with E-state index in [4.69, 9.17) is 11.2 Å². The number of ether oxygens (including phenoxy) is 1. The van der Waals surface area contributed by atoms with E-state index < -0.39 is 11.7 Å². The van der Waals surface area contributed by atoms with Crippen LogP contribution in [0.5, 0.6) is 0 Å². The van der Waals surface area contributed by atoms with Crippen LogP contribution in [0.25, 0.3) is 0 Å². The summed E-state index contributed by atoms with van der Waals surface area (Å²) < 4.78 is 5.67. The Labute approximate surface area is 87.7 Å². The Balaban J connectivity index is 4.37. The molecule has 2 nitrogen and oxygen atoms in total. The fraction of sp³-hybridized carbons (Fsp3) is 0.833. The number of hydrogen-bond donors (Lipinski definition) is 1. The zero-order valence-corrected chi connectivity index (χ0v) is 9.55. The van der Waals surface area contributed by atoms with E-state index in [1.165, 1.54) is 0 Å². The van der Waals surface area contributed by atoms with Gasteiger partial charge in [0.15, 0.2) is 0 Å². The Morgan fingerprint density at radius 3 is 2.29 bits per heavy atom. The van der Waals surface area contributed by atoms with E-state index >= 15 is 0 Å². The van der Waals surface area contributed by atoms with Gasteiger partial charge in [0.05, 0.1) is 11.7 Å². The summed E-state index contributed by atoms with van der Waals surface area (Å²) in [4.78, 5) is 0. The second-order valence-corrected chi connectivity index (χ2v) is 3.46. The maximum atomic E-state index is 10.0. The maximum absolute atomic E-state index is 10.0. The summed E-state index contributed by atoms with van der Waals surface area (Å²) in [7, 11) is 0. The van der Waals surface area contributed by atoms with Gasteiger partial charge in [0, 0.05) is 13.0 Å². The predicted molar refractivity (Wildman–Crippen MR) is 59.0 cm³/mol. The molecule has 1 atom stereocenters. The van der Waals surface area contributed by atoms with Crippen molar-refractivity contribution in [2.45, 2.75) is 58.2 Å². The van der Waals surface area contributed by atoms with Gasteiger partial charge in [-0.1, -0.05) is 13.8 Å². The van der Waals surface area contributed by atoms with Crippen molar-refractivity contribution in [1.29, 1.82) is 0 Å². The molecule has 0 aliphatic carbocycles. The van der Waals surface area contributed by atoms with Gasteiger partial charge in [0.1, 0.15) is 0 Å². The lowest BCUT2D eigenvalue weighted by molar-refractivity contribution is -0.126. The van der Waals surface area contributed by atoms with Crippen LogP contribution in [0.2, 0.25) is 0 Å². The number of aliphatic hydroxyl groups is 1. The molecule has 0 amide bonds. The Bertz CT molecular complexity index is 177. The van der Waals surface area contributed by atoms with Crippen LogP contribution in [0.1, 0.15) is 46.5 Å². The van der Waals surface area contributed by atoms with E-state index in [2.05, 4.69) is 5.92 Å². The van der Waals surface area contributed by atoms with Crippen LogP contribution in [0.4, 0.5) is 0 Å². The lowest BCUT2D eigenvalue weighted by Gasteiger charge is -2.36. The fourth-order valence-electron chi connectivity index (χ4n) is 1.79. The van der Waals surface area contributed by atoms with E-state index in [1.807, 2.05) is 20.8 Å². The first kappa shape index (κ1) is 13.5. The molecule has 0 aromatic carbocycles. The third-order valence-electron chi connectivity index (χ3n) is 2.80. The molecule has 2 heteroatoms. The predicted octanol–water partition coefficient (Wildman–Crippen LogP) is 2.36. The normalized spacial score (nSPS) is 13.6. The van der Waals surface area contributed by atoms with E-state index in [0.717, 1.165) is 12.8 Å². The van der Waals surface area contributed by atoms with Gasteiger partial charge in [-0.2, -0.15) is 0 Å². The molecule has 0 spiro atoms. The molecule has 1 N–H and O–H groups in total. The molecule has 0 aliphatic rings. The lowest BCUT2D eigenvalue weighted by atomic mass is 9.87. The quantitative estimate of drug-likeness (QED) is 0.636. The van der Waals surface area contributed by atoms with Gasteiger partial charge in [-0.15, -0.1) is 12.3 Å². The minimum atomic E-state index is -0.450. The smallest absolute Gasteiger partial charge is 0.0935 e. The van der Waals surface area contributed by atoms with Gasteiger partial charge in [-0.25, -0.2) is 0 Å². The molecule has 0 fully saturated rings. The van der Waals surface area contributed by atoms with Crippen molar-refractivity contribution in [1.82, 2.24) is 0 Å². The van der Waals surface area contributed by atoms with Gasteiger partial charge in [-0.05, 0) is 26.2 Å². The van der Waals surface area contributed by atoms with Crippen molar-refractivity contribution >= 4 is 0 Å². The highest BCUT2D eigenvalue weighted by atomic mass is 16.5. The fourth-order valence-corrected chi connectivity index (χ4v) is 1.79. The van der Waals surface area contributed by atoms with E-state index in [1.54, 1.807) is 0 Å². The zero-order chi connectivity index (χ0) is 11.0. The molecule has 0 aromatic heterocycles. The Morgan fingerprint density at radius 1 is 1.36 bits per heavy atom. The first-order chi connectivity index (χ1) is 6.66. The molecule has 0 saturated carbocycles. The zero-order valence-electron chi connectivity index (χ0n) is 9.55. The molecule has 0 aromatic rings. The average Bonchev–Trinajstić information content (AvgIpc) is 2.22. The van der Waals surface area contributed by atoms with Crippen LogP contribution in [-0.4, -0.2) is 23.4 Å². The lowest BCUT2D eigenvalue weighted by Crippen LogP contribution is -2.44. The number of hydrogen-bond acceptors (Lipinski definition) is 2. The summed E-state index contributed by atoms with van der Waals surface area (Å²) in [5, 5.41) is 10.0. The molecule has 1 unspecified atom stereocenters. The monoisotopic (exact) mass is 198 g/mol. The molecule has 82 valence electrons. The standard InChI is InChI=1S/C12H22O2/c1-5-9-10-11(13)12(6-2,7-3)14-8-4/h1,11,13H,6-10H2,2-4H3. The number of terminal acetylenes is 1. The average molecular weight is 198 g/mol. The summed E-state index contributed by atoms with van der Waals surface area (Å²) in [6.07, 6.45) is 7.60. The first-order valence-electron chi connectivity index (χ1n) is 5.42. The summed E-state index contributed by atoms with van der Waals surface area (Å²) in [6, 6.07) is 0. The summed E-state index contributed by atoms with van der Waals surface area (Å²) >= 11 is 0. The van der Waals surface area contributed by atoms with E-state index in [9.17, 15) is 5.11 Å². The third kappa shape index (κ3) is 3.32. The van der Waals surface area contributed by atoms with Crippen LogP contribution in [0.3, 0.4) is 0 Å². The van der Waals surface area contributed by atoms with Crippen molar-refractivity contribution < 1.29 is 9.84 Å². The SMILES string of the molecule is C#CCCC(O)C(CC)(CC)OCC. The molecule has 0 saturated heterocycles. The van der Waals surface area contributed by atoms with Crippen LogP contribution < -0.4 is 0 Å². The Morgan fingerprint density at radius 2 is 1.93 bits per heavy atom. The van der Waals surface area contributed by atoms with Gasteiger partial charge >= 0.3 is 0 Å². The van der Waals surface area contributed by atoms with Crippen molar-refractivity contribution in [3.05, 3.63) is 0 Å². The molecular formula is C12H22O2. The van der Waals surface area contributed by atoms with Crippen molar-refractivity contribution in [2.24, 2.45) is 0 Å². The third-order valence-corrected chi connectivity index (χ3v) is 2.80. The van der Waals surface area contributed by atoms with Gasteiger partial charge < -0.3 is 9.84 Å². The van der Waals surface area contributed by atoms with Gasteiger partial charge in [0.25, 0.3) is 0 Å². The Hall–Kier alpha value is -0.520. The van der Waals surface area contributed by atoms with Gasteiger partial charge in [-0.3, -0.25) is 0 Å². The van der Waals surface area contributed by atoms with Crippen LogP contribution in [0, 0.1) is 12.3 Å². The number of aliphatic hydroxyl groups excluding tert-OH is 1. The minimum absolute atomic E-state index is 0.397. The summed E-state index contributed by atoms with van der Waals surface area (Å²) in [5.74, 6) is 2.55. The highest BCUT2D eigenvalue weighted by Crippen LogP contribution is 2.27. The molecule has 0 bridgehead atoms. The second-order valence-electron chi connectivity index (χ2n) is 3.46. The first-order valence-corrected chi connectivity index (χ1v) is 5.42. The topological polar surface area (TPSA) is 29.5 Å². The largest absolute Gasteiger partial charge is 0.390 e. The summed E-state index contributed by atoms with van der Waals surface area (Å²) in [5.41, 5.74) is -0.397. The Kier molecular flexibility index (Phi) is 6.61. The molecular weight excluding hydrogens is 176 g/mol. The minimum Gasteiger partial charge on any atom is -0.390 e. The maximum Gasteiger partial charge on any atom is 0.0935 e. The number of rotatable bonds is 7. The van der Waals surface area contributed by atoms with Gasteiger partial charge in [0.2, 0.25) is 0 Å². The molecule has 0 heterocycles. The van der Waals surface area contributed by atoms with Crippen molar-refractivity contribution in [3.63, 3.8) is 0 Å². The molecule has 14 heavy (non-hydrogen) atoms. The van der Waals surface area contributed by atoms with E-state index in [-0.39, 0.29) is 0 Å².